The molecule has 37 heavy (non-hydrogen) atoms. The van der Waals surface area contributed by atoms with Crippen LogP contribution in [-0.2, 0) is 25.9 Å². The Hall–Kier alpha value is -3.38. The number of aliphatic imine (C=N–C) groups is 1. The lowest BCUT2D eigenvalue weighted by Crippen LogP contribution is -2.28. The lowest BCUT2D eigenvalue weighted by molar-refractivity contribution is 0.0947. The monoisotopic (exact) mass is 513 g/mol. The van der Waals surface area contributed by atoms with Crippen LogP contribution in [0.25, 0.3) is 10.9 Å². The predicted molar refractivity (Wildman–Crippen MR) is 153 cm³/mol. The van der Waals surface area contributed by atoms with E-state index in [0.29, 0.717) is 12.5 Å². The van der Waals surface area contributed by atoms with Crippen molar-refractivity contribution in [3.63, 3.8) is 0 Å². The third kappa shape index (κ3) is 4.95. The highest BCUT2D eigenvalue weighted by molar-refractivity contribution is 7.16. The van der Waals surface area contributed by atoms with Gasteiger partial charge in [0.05, 0.1) is 18.4 Å². The van der Waals surface area contributed by atoms with E-state index in [0.717, 1.165) is 64.3 Å². The highest BCUT2D eigenvalue weighted by atomic mass is 32.1. The van der Waals surface area contributed by atoms with E-state index in [1.165, 1.54) is 10.4 Å². The lowest BCUT2D eigenvalue weighted by Gasteiger charge is -2.33. The van der Waals surface area contributed by atoms with Crippen LogP contribution in [0.1, 0.15) is 65.0 Å². The zero-order chi connectivity index (χ0) is 26.2. The van der Waals surface area contributed by atoms with Crippen molar-refractivity contribution >= 4 is 39.4 Å². The fourth-order valence-electron chi connectivity index (χ4n) is 5.41. The molecule has 5 rings (SSSR count). The number of rotatable bonds is 7. The van der Waals surface area contributed by atoms with Crippen LogP contribution in [-0.4, -0.2) is 16.7 Å². The van der Waals surface area contributed by atoms with Gasteiger partial charge in [0.25, 0.3) is 5.91 Å². The number of thiophene rings is 1. The Bertz CT molecular complexity index is 1460. The number of fused-ring (bicyclic) bond motifs is 2. The Balaban J connectivity index is 1.54. The first-order chi connectivity index (χ1) is 17.8. The molecule has 0 saturated carbocycles. The Morgan fingerprint density at radius 1 is 1.27 bits per heavy atom. The summed E-state index contributed by atoms with van der Waals surface area (Å²) in [6.07, 6.45) is 8.48. The highest BCUT2D eigenvalue weighted by Crippen LogP contribution is 2.45. The molecule has 4 aromatic rings. The maximum absolute atomic E-state index is 13.5. The molecular weight excluding hydrogens is 478 g/mol. The van der Waals surface area contributed by atoms with E-state index in [9.17, 15) is 4.79 Å². The molecule has 3 aromatic heterocycles. The number of hydrogen-bond donors (Lipinski definition) is 1. The molecule has 3 heterocycles. The second-order valence-corrected chi connectivity index (χ2v) is 12.0. The summed E-state index contributed by atoms with van der Waals surface area (Å²) in [6.45, 7) is 14.1. The van der Waals surface area contributed by atoms with Gasteiger partial charge in [0.15, 0.2) is 0 Å². The van der Waals surface area contributed by atoms with E-state index in [4.69, 9.17) is 9.41 Å². The normalized spacial score (nSPS) is 15.8. The van der Waals surface area contributed by atoms with Crippen LogP contribution in [0.4, 0.5) is 5.00 Å². The number of carbonyl (C=O) groups excluding carboxylic acids is 1. The third-order valence-electron chi connectivity index (χ3n) is 7.60. The largest absolute Gasteiger partial charge is 0.467 e. The van der Waals surface area contributed by atoms with Crippen molar-refractivity contribution in [2.45, 2.75) is 60.0 Å². The molecule has 192 valence electrons. The Labute approximate surface area is 222 Å². The molecule has 0 unspecified atom stereocenters. The Morgan fingerprint density at radius 2 is 2.08 bits per heavy atom. The van der Waals surface area contributed by atoms with Gasteiger partial charge >= 0.3 is 0 Å². The van der Waals surface area contributed by atoms with Crippen LogP contribution >= 0.6 is 11.3 Å². The Kier molecular flexibility index (Phi) is 6.95. The number of amides is 1. The molecule has 6 heteroatoms. The highest BCUT2D eigenvalue weighted by Gasteiger charge is 2.33. The summed E-state index contributed by atoms with van der Waals surface area (Å²) in [7, 11) is 0. The second kappa shape index (κ2) is 10.2. The molecule has 0 saturated heterocycles. The summed E-state index contributed by atoms with van der Waals surface area (Å²) in [5.74, 6) is 1.25. The fourth-order valence-corrected chi connectivity index (χ4v) is 6.68. The van der Waals surface area contributed by atoms with E-state index in [2.05, 4.69) is 68.4 Å². The van der Waals surface area contributed by atoms with Gasteiger partial charge in [0, 0.05) is 39.8 Å². The number of benzene rings is 1. The van der Waals surface area contributed by atoms with Crippen LogP contribution in [0.15, 0.2) is 64.7 Å². The van der Waals surface area contributed by atoms with Gasteiger partial charge < -0.3 is 14.3 Å². The van der Waals surface area contributed by atoms with E-state index in [1.54, 1.807) is 17.6 Å². The van der Waals surface area contributed by atoms with Gasteiger partial charge in [-0.05, 0) is 61.3 Å². The van der Waals surface area contributed by atoms with E-state index in [-0.39, 0.29) is 11.3 Å². The maximum Gasteiger partial charge on any atom is 0.255 e. The summed E-state index contributed by atoms with van der Waals surface area (Å²) < 4.78 is 7.68. The first kappa shape index (κ1) is 25.3. The topological polar surface area (TPSA) is 59.5 Å². The van der Waals surface area contributed by atoms with E-state index < -0.39 is 0 Å². The van der Waals surface area contributed by atoms with Gasteiger partial charge in [-0.2, -0.15) is 0 Å². The molecule has 1 aromatic carbocycles. The molecular formula is C31H35N3O2S. The van der Waals surface area contributed by atoms with Crippen molar-refractivity contribution < 1.29 is 9.21 Å². The SMILES string of the molecule is C=CCn1c(C)c(C=Nc2sc3c(c2C(=O)NCc2ccco2)CC[C@@H](C(C)(C)C)C3)c2ccccc21. The first-order valence-electron chi connectivity index (χ1n) is 13.0. The molecule has 0 aliphatic heterocycles. The molecule has 1 aliphatic rings. The van der Waals surface area contributed by atoms with Gasteiger partial charge in [-0.15, -0.1) is 17.9 Å². The molecule has 0 radical (unpaired) electrons. The minimum atomic E-state index is -0.0823. The van der Waals surface area contributed by atoms with Crippen LogP contribution in [0.2, 0.25) is 0 Å². The zero-order valence-corrected chi connectivity index (χ0v) is 23.0. The average molecular weight is 514 g/mol. The van der Waals surface area contributed by atoms with Crippen molar-refractivity contribution in [3.05, 3.63) is 88.3 Å². The fraction of sp³-hybridized carbons (Fsp3) is 0.355. The standard InChI is InChI=1S/C31H35N3O2S/c1-6-15-34-20(2)25(23-11-7-8-12-26(23)34)19-33-30-28(29(35)32-18-22-10-9-16-36-22)24-14-13-21(31(3,4)5)17-27(24)37-30/h6-12,16,19,21H,1,13-15,17-18H2,2-5H3,(H,32,35)/t21-/m1/s1. The quantitative estimate of drug-likeness (QED) is 0.204. The maximum atomic E-state index is 13.5. The van der Waals surface area contributed by atoms with Gasteiger partial charge in [-0.1, -0.05) is 45.0 Å². The van der Waals surface area contributed by atoms with Gasteiger partial charge in [0.1, 0.15) is 10.8 Å². The summed E-state index contributed by atoms with van der Waals surface area (Å²) in [5, 5.41) is 5.01. The predicted octanol–water partition coefficient (Wildman–Crippen LogP) is 7.62. The van der Waals surface area contributed by atoms with Crippen molar-refractivity contribution in [2.24, 2.45) is 16.3 Å². The number of aromatic nitrogens is 1. The number of carbonyl (C=O) groups is 1. The van der Waals surface area contributed by atoms with E-state index >= 15 is 0 Å². The van der Waals surface area contributed by atoms with Gasteiger partial charge in [-0.25, -0.2) is 4.99 Å². The number of allylic oxidation sites excluding steroid dienone is 1. The second-order valence-electron chi connectivity index (χ2n) is 10.9. The van der Waals surface area contributed by atoms with Gasteiger partial charge in [0.2, 0.25) is 0 Å². The van der Waals surface area contributed by atoms with Crippen LogP contribution in [0.5, 0.6) is 0 Å². The number of hydrogen-bond acceptors (Lipinski definition) is 4. The number of nitrogens with one attached hydrogen (secondary N) is 1. The van der Waals surface area contributed by atoms with Crippen molar-refractivity contribution in [2.75, 3.05) is 0 Å². The minimum Gasteiger partial charge on any atom is -0.467 e. The number of para-hydroxylation sites is 1. The molecule has 1 amide bonds. The van der Waals surface area contributed by atoms with Crippen LogP contribution < -0.4 is 5.32 Å². The molecule has 1 aliphatic carbocycles. The molecule has 0 fully saturated rings. The molecule has 0 bridgehead atoms. The molecule has 0 spiro atoms. The molecule has 5 nitrogen and oxygen atoms in total. The number of nitrogens with zero attached hydrogens (tertiary/aromatic N) is 2. The lowest BCUT2D eigenvalue weighted by atomic mass is 9.72. The number of furan rings is 1. The third-order valence-corrected chi connectivity index (χ3v) is 8.77. The Morgan fingerprint density at radius 3 is 2.81 bits per heavy atom. The van der Waals surface area contributed by atoms with Crippen molar-refractivity contribution in [3.8, 4) is 0 Å². The molecule has 1 atom stereocenters. The van der Waals surface area contributed by atoms with Crippen molar-refractivity contribution in [1.82, 2.24) is 9.88 Å². The summed E-state index contributed by atoms with van der Waals surface area (Å²) >= 11 is 1.68. The smallest absolute Gasteiger partial charge is 0.255 e. The van der Waals surface area contributed by atoms with Crippen LogP contribution in [0.3, 0.4) is 0 Å². The summed E-state index contributed by atoms with van der Waals surface area (Å²) in [4.78, 5) is 19.8. The minimum absolute atomic E-state index is 0.0823. The first-order valence-corrected chi connectivity index (χ1v) is 13.8. The molecule has 1 N–H and O–H groups in total. The van der Waals surface area contributed by atoms with E-state index in [1.807, 2.05) is 24.4 Å². The zero-order valence-electron chi connectivity index (χ0n) is 22.1. The summed E-state index contributed by atoms with van der Waals surface area (Å²) in [5.41, 5.74) is 5.51. The van der Waals surface area contributed by atoms with Gasteiger partial charge in [-0.3, -0.25) is 4.79 Å². The van der Waals surface area contributed by atoms with Crippen LogP contribution in [0, 0.1) is 18.3 Å². The van der Waals surface area contributed by atoms with Crippen molar-refractivity contribution in [1.29, 1.82) is 0 Å². The summed E-state index contributed by atoms with van der Waals surface area (Å²) in [6, 6.07) is 12.1. The average Bonchev–Trinajstić information content (AvgIpc) is 3.58.